The van der Waals surface area contributed by atoms with Crippen molar-refractivity contribution in [1.82, 2.24) is 19.7 Å². The average molecular weight is 443 g/mol. The molecule has 0 bridgehead atoms. The molecule has 2 saturated heterocycles. The predicted molar refractivity (Wildman–Crippen MR) is 122 cm³/mol. The number of aliphatic hydroxyl groups excluding tert-OH is 1. The van der Waals surface area contributed by atoms with E-state index in [0.29, 0.717) is 18.7 Å². The van der Waals surface area contributed by atoms with Gasteiger partial charge in [0, 0.05) is 56.3 Å². The van der Waals surface area contributed by atoms with E-state index in [4.69, 9.17) is 0 Å². The number of carbonyl (C=O) groups excluding carboxylic acids is 2. The highest BCUT2D eigenvalue weighted by Gasteiger charge is 2.56. The molecule has 4 atom stereocenters. The van der Waals surface area contributed by atoms with Gasteiger partial charge in [-0.25, -0.2) is 0 Å². The SMILES string of the molecule is C/C=C\c1ccc2n(c1=O)C[C@H]1[C@H](CO)[C@@H](C(=O)NCCN3CCCCC3)N(C(C)=O)[C@@H]21. The topological polar surface area (TPSA) is 94.9 Å². The first-order valence-electron chi connectivity index (χ1n) is 11.7. The second-order valence-corrected chi connectivity index (χ2v) is 9.15. The number of nitrogens with one attached hydrogen (secondary N) is 1. The molecule has 2 fully saturated rings. The van der Waals surface area contributed by atoms with Crippen LogP contribution in [0.25, 0.3) is 6.08 Å². The summed E-state index contributed by atoms with van der Waals surface area (Å²) in [6.45, 7) is 6.94. The number of aliphatic hydroxyl groups is 1. The molecule has 0 aliphatic carbocycles. The molecule has 174 valence electrons. The third kappa shape index (κ3) is 4.01. The highest BCUT2D eigenvalue weighted by atomic mass is 16.3. The van der Waals surface area contributed by atoms with E-state index in [1.165, 1.54) is 26.2 Å². The Hall–Kier alpha value is -2.45. The van der Waals surface area contributed by atoms with Crippen LogP contribution in [0.15, 0.2) is 23.0 Å². The van der Waals surface area contributed by atoms with Crippen LogP contribution >= 0.6 is 0 Å². The third-order valence-electron chi connectivity index (χ3n) is 7.26. The van der Waals surface area contributed by atoms with Crippen molar-refractivity contribution in [2.75, 3.05) is 32.8 Å². The summed E-state index contributed by atoms with van der Waals surface area (Å²) < 4.78 is 1.70. The van der Waals surface area contributed by atoms with Gasteiger partial charge in [-0.15, -0.1) is 0 Å². The zero-order valence-electron chi connectivity index (χ0n) is 19.0. The molecule has 0 unspecified atom stereocenters. The molecule has 8 nitrogen and oxygen atoms in total. The van der Waals surface area contributed by atoms with Crippen molar-refractivity contribution in [3.8, 4) is 0 Å². The number of hydrogen-bond acceptors (Lipinski definition) is 5. The van der Waals surface area contributed by atoms with Crippen LogP contribution in [0.1, 0.15) is 50.4 Å². The number of rotatable bonds is 6. The zero-order chi connectivity index (χ0) is 22.8. The minimum Gasteiger partial charge on any atom is -0.396 e. The van der Waals surface area contributed by atoms with Crippen molar-refractivity contribution in [3.05, 3.63) is 39.8 Å². The van der Waals surface area contributed by atoms with Crippen molar-refractivity contribution in [2.45, 2.75) is 51.7 Å². The summed E-state index contributed by atoms with van der Waals surface area (Å²) in [6.07, 6.45) is 7.25. The summed E-state index contributed by atoms with van der Waals surface area (Å²) >= 11 is 0. The fourth-order valence-corrected chi connectivity index (χ4v) is 5.80. The van der Waals surface area contributed by atoms with E-state index in [9.17, 15) is 19.5 Å². The number of fused-ring (bicyclic) bond motifs is 3. The number of amides is 2. The fourth-order valence-electron chi connectivity index (χ4n) is 5.80. The van der Waals surface area contributed by atoms with Gasteiger partial charge in [0.05, 0.1) is 6.04 Å². The molecule has 0 spiro atoms. The van der Waals surface area contributed by atoms with Gasteiger partial charge < -0.3 is 24.8 Å². The second-order valence-electron chi connectivity index (χ2n) is 9.15. The van der Waals surface area contributed by atoms with E-state index in [0.717, 1.165) is 25.3 Å². The van der Waals surface area contributed by atoms with Gasteiger partial charge in [0.15, 0.2) is 0 Å². The highest BCUT2D eigenvalue weighted by Crippen LogP contribution is 2.49. The van der Waals surface area contributed by atoms with Gasteiger partial charge in [0.1, 0.15) is 6.04 Å². The summed E-state index contributed by atoms with van der Waals surface area (Å²) in [5, 5.41) is 13.2. The summed E-state index contributed by atoms with van der Waals surface area (Å²) in [5.74, 6) is -1.02. The number of carbonyl (C=O) groups is 2. The van der Waals surface area contributed by atoms with Crippen LogP contribution in [0, 0.1) is 11.8 Å². The molecule has 1 aromatic rings. The van der Waals surface area contributed by atoms with Crippen LogP contribution in [-0.4, -0.2) is 70.1 Å². The van der Waals surface area contributed by atoms with Gasteiger partial charge in [-0.05, 0) is 45.0 Å². The summed E-state index contributed by atoms with van der Waals surface area (Å²) in [7, 11) is 0. The first-order valence-corrected chi connectivity index (χ1v) is 11.7. The highest BCUT2D eigenvalue weighted by molar-refractivity contribution is 5.88. The molecular weight excluding hydrogens is 408 g/mol. The Balaban J connectivity index is 1.56. The number of aromatic nitrogens is 1. The van der Waals surface area contributed by atoms with E-state index in [1.54, 1.807) is 21.6 Å². The van der Waals surface area contributed by atoms with Crippen molar-refractivity contribution < 1.29 is 14.7 Å². The van der Waals surface area contributed by atoms with Crippen molar-refractivity contribution in [2.24, 2.45) is 11.8 Å². The van der Waals surface area contributed by atoms with Crippen LogP contribution in [0.5, 0.6) is 0 Å². The lowest BCUT2D eigenvalue weighted by atomic mass is 9.88. The van der Waals surface area contributed by atoms with Gasteiger partial charge in [-0.2, -0.15) is 0 Å². The first kappa shape index (κ1) is 22.7. The first-order chi connectivity index (χ1) is 15.5. The number of hydrogen-bond donors (Lipinski definition) is 2. The van der Waals surface area contributed by atoms with E-state index in [2.05, 4.69) is 10.2 Å². The lowest BCUT2D eigenvalue weighted by Crippen LogP contribution is -2.51. The maximum absolute atomic E-state index is 13.2. The van der Waals surface area contributed by atoms with Crippen molar-refractivity contribution >= 4 is 17.9 Å². The standard InChI is InChI=1S/C24H34N4O4/c1-3-7-17-8-9-20-21-18(14-27(20)24(17)32)19(15-29)22(28(21)16(2)30)23(31)25-10-13-26-11-5-4-6-12-26/h3,7-9,18-19,21-22,29H,4-6,10-15H2,1-2H3,(H,25,31)/b7-3-/t18-,19-,21+,22-/m0/s1. The summed E-state index contributed by atoms with van der Waals surface area (Å²) in [5.41, 5.74) is 1.24. The maximum Gasteiger partial charge on any atom is 0.258 e. The monoisotopic (exact) mass is 442 g/mol. The van der Waals surface area contributed by atoms with Gasteiger partial charge >= 0.3 is 0 Å². The third-order valence-corrected chi connectivity index (χ3v) is 7.26. The van der Waals surface area contributed by atoms with Crippen molar-refractivity contribution in [1.29, 1.82) is 0 Å². The molecule has 2 N–H and O–H groups in total. The molecule has 1 aromatic heterocycles. The molecule has 8 heteroatoms. The van der Waals surface area contributed by atoms with Crippen LogP contribution in [0.3, 0.4) is 0 Å². The molecule has 4 rings (SSSR count). The fraction of sp³-hybridized carbons (Fsp3) is 0.625. The Morgan fingerprint density at radius 2 is 1.97 bits per heavy atom. The van der Waals surface area contributed by atoms with E-state index < -0.39 is 12.0 Å². The second kappa shape index (κ2) is 9.58. The van der Waals surface area contributed by atoms with E-state index in [-0.39, 0.29) is 35.9 Å². The molecule has 3 aliphatic rings. The largest absolute Gasteiger partial charge is 0.396 e. The number of allylic oxidation sites excluding steroid dienone is 1. The molecule has 4 heterocycles. The van der Waals surface area contributed by atoms with Gasteiger partial charge in [0.25, 0.3) is 5.56 Å². The molecule has 0 saturated carbocycles. The normalized spacial score (nSPS) is 27.5. The molecular formula is C24H34N4O4. The van der Waals surface area contributed by atoms with Crippen LogP contribution in [0.2, 0.25) is 0 Å². The average Bonchev–Trinajstić information content (AvgIpc) is 3.31. The van der Waals surface area contributed by atoms with E-state index >= 15 is 0 Å². The minimum atomic E-state index is -0.729. The number of piperidine rings is 1. The molecule has 2 amide bonds. The minimum absolute atomic E-state index is 0.0993. The van der Waals surface area contributed by atoms with Crippen molar-refractivity contribution in [3.63, 3.8) is 0 Å². The Morgan fingerprint density at radius 1 is 1.22 bits per heavy atom. The molecule has 3 aliphatic heterocycles. The van der Waals surface area contributed by atoms with Crippen LogP contribution in [0.4, 0.5) is 0 Å². The molecule has 32 heavy (non-hydrogen) atoms. The van der Waals surface area contributed by atoms with Gasteiger partial charge in [0.2, 0.25) is 11.8 Å². The summed E-state index contributed by atoms with van der Waals surface area (Å²) in [4.78, 5) is 42.8. The number of nitrogens with zero attached hydrogens (tertiary/aromatic N) is 3. The predicted octanol–water partition coefficient (Wildman–Crippen LogP) is 0.994. The quantitative estimate of drug-likeness (QED) is 0.685. The number of pyridine rings is 1. The Kier molecular flexibility index (Phi) is 6.81. The smallest absolute Gasteiger partial charge is 0.258 e. The summed E-state index contributed by atoms with van der Waals surface area (Å²) in [6, 6.07) is 2.54. The Morgan fingerprint density at radius 3 is 2.62 bits per heavy atom. The molecule has 0 aromatic carbocycles. The Bertz CT molecular complexity index is 950. The number of likely N-dealkylation sites (tertiary alicyclic amines) is 2. The Labute approximate surface area is 188 Å². The maximum atomic E-state index is 13.2. The van der Waals surface area contributed by atoms with Crippen LogP contribution in [-0.2, 0) is 16.1 Å². The van der Waals surface area contributed by atoms with Gasteiger partial charge in [-0.1, -0.05) is 18.6 Å². The van der Waals surface area contributed by atoms with E-state index in [1.807, 2.05) is 19.1 Å². The lowest BCUT2D eigenvalue weighted by molar-refractivity contribution is -0.140. The molecule has 0 radical (unpaired) electrons. The van der Waals surface area contributed by atoms with Gasteiger partial charge in [-0.3, -0.25) is 14.4 Å². The lowest BCUT2D eigenvalue weighted by Gasteiger charge is -2.31. The van der Waals surface area contributed by atoms with Crippen LogP contribution < -0.4 is 10.9 Å². The zero-order valence-corrected chi connectivity index (χ0v) is 19.0.